The van der Waals surface area contributed by atoms with Gasteiger partial charge < -0.3 is 9.80 Å². The molecule has 1 aliphatic heterocycles. The molecule has 28 heavy (non-hydrogen) atoms. The van der Waals surface area contributed by atoms with Crippen LogP contribution in [0.2, 0.25) is 0 Å². The summed E-state index contributed by atoms with van der Waals surface area (Å²) in [5.41, 5.74) is 1.93. The minimum absolute atomic E-state index is 0.0762. The Bertz CT molecular complexity index is 863. The zero-order valence-corrected chi connectivity index (χ0v) is 15.5. The number of carbonyl (C=O) groups excluding carboxylic acids is 2. The Morgan fingerprint density at radius 1 is 1.04 bits per heavy atom. The summed E-state index contributed by atoms with van der Waals surface area (Å²) in [4.78, 5) is 27.6. The number of hydrogen-bond donors (Lipinski definition) is 0. The van der Waals surface area contributed by atoms with Crippen LogP contribution in [0.1, 0.15) is 30.0 Å². The molecule has 0 saturated carbocycles. The van der Waals surface area contributed by atoms with E-state index in [1.165, 1.54) is 29.5 Å². The Morgan fingerprint density at radius 3 is 2.29 bits per heavy atom. The number of halogens is 3. The molecule has 0 radical (unpaired) electrons. The van der Waals surface area contributed by atoms with E-state index in [1.54, 1.807) is 4.90 Å². The van der Waals surface area contributed by atoms with Gasteiger partial charge in [0.15, 0.2) is 0 Å². The van der Waals surface area contributed by atoms with E-state index < -0.39 is 11.7 Å². The van der Waals surface area contributed by atoms with Gasteiger partial charge in [0, 0.05) is 38.7 Å². The first-order chi connectivity index (χ1) is 13.3. The van der Waals surface area contributed by atoms with Crippen molar-refractivity contribution in [3.63, 3.8) is 0 Å². The van der Waals surface area contributed by atoms with Gasteiger partial charge in [-0.25, -0.2) is 0 Å². The molecule has 0 N–H and O–H groups in total. The van der Waals surface area contributed by atoms with E-state index in [4.69, 9.17) is 0 Å². The Morgan fingerprint density at radius 2 is 1.68 bits per heavy atom. The number of amides is 2. The number of benzene rings is 2. The Kier molecular flexibility index (Phi) is 5.72. The smallest absolute Gasteiger partial charge is 0.338 e. The maximum absolute atomic E-state index is 12.7. The lowest BCUT2D eigenvalue weighted by molar-refractivity contribution is -0.137. The molecule has 2 aromatic rings. The first kappa shape index (κ1) is 19.9. The first-order valence-electron chi connectivity index (χ1n) is 9.05. The van der Waals surface area contributed by atoms with Crippen molar-refractivity contribution < 1.29 is 22.8 Å². The lowest BCUT2D eigenvalue weighted by Crippen LogP contribution is -2.39. The Labute approximate surface area is 161 Å². The van der Waals surface area contributed by atoms with Gasteiger partial charge in [-0.15, -0.1) is 0 Å². The van der Waals surface area contributed by atoms with Crippen LogP contribution in [-0.2, 0) is 28.7 Å². The standard InChI is InChI=1S/C21H21F3N2O2/c1-15(27)26(19-8-6-18(7-9-19)21(22,23)24)13-11-20(28)25-12-10-16-4-2-3-5-17(16)14-25/h2-9H,10-14H2,1H3. The molecule has 0 spiro atoms. The summed E-state index contributed by atoms with van der Waals surface area (Å²) in [6, 6.07) is 12.4. The molecule has 0 unspecified atom stereocenters. The number of nitrogens with zero attached hydrogens (tertiary/aromatic N) is 2. The average molecular weight is 390 g/mol. The highest BCUT2D eigenvalue weighted by molar-refractivity contribution is 5.92. The number of fused-ring (bicyclic) bond motifs is 1. The molecule has 2 amide bonds. The molecule has 1 heterocycles. The second kappa shape index (κ2) is 8.04. The number of carbonyl (C=O) groups is 2. The van der Waals surface area contributed by atoms with Gasteiger partial charge in [-0.05, 0) is 41.8 Å². The number of anilines is 1. The first-order valence-corrected chi connectivity index (χ1v) is 9.05. The highest BCUT2D eigenvalue weighted by Gasteiger charge is 2.30. The maximum Gasteiger partial charge on any atom is 0.416 e. The molecule has 0 fully saturated rings. The van der Waals surface area contributed by atoms with Gasteiger partial charge in [-0.3, -0.25) is 9.59 Å². The van der Waals surface area contributed by atoms with Crippen LogP contribution in [0.15, 0.2) is 48.5 Å². The van der Waals surface area contributed by atoms with Crippen LogP contribution in [0.4, 0.5) is 18.9 Å². The summed E-state index contributed by atoms with van der Waals surface area (Å²) in [6.07, 6.45) is -3.53. The average Bonchev–Trinajstić information content (AvgIpc) is 2.67. The monoisotopic (exact) mass is 390 g/mol. The molecule has 0 aliphatic carbocycles. The third-order valence-corrected chi connectivity index (χ3v) is 4.92. The largest absolute Gasteiger partial charge is 0.416 e. The molecule has 4 nitrogen and oxygen atoms in total. The van der Waals surface area contributed by atoms with Crippen LogP contribution in [0.25, 0.3) is 0 Å². The molecular weight excluding hydrogens is 369 g/mol. The van der Waals surface area contributed by atoms with E-state index in [-0.39, 0.29) is 24.8 Å². The lowest BCUT2D eigenvalue weighted by Gasteiger charge is -2.30. The highest BCUT2D eigenvalue weighted by atomic mass is 19.4. The van der Waals surface area contributed by atoms with Gasteiger partial charge in [-0.2, -0.15) is 13.2 Å². The van der Waals surface area contributed by atoms with Crippen molar-refractivity contribution >= 4 is 17.5 Å². The van der Waals surface area contributed by atoms with Crippen LogP contribution < -0.4 is 4.90 Å². The second-order valence-electron chi connectivity index (χ2n) is 6.80. The molecule has 1 aliphatic rings. The normalized spacial score (nSPS) is 13.8. The molecule has 2 aromatic carbocycles. The molecule has 0 saturated heterocycles. The van der Waals surface area contributed by atoms with Gasteiger partial charge >= 0.3 is 6.18 Å². The van der Waals surface area contributed by atoms with Crippen LogP contribution in [0.5, 0.6) is 0 Å². The molecule has 3 rings (SSSR count). The molecule has 0 aromatic heterocycles. The molecule has 148 valence electrons. The van der Waals surface area contributed by atoms with Crippen LogP contribution >= 0.6 is 0 Å². The lowest BCUT2D eigenvalue weighted by atomic mass is 10.00. The van der Waals surface area contributed by atoms with Crippen molar-refractivity contribution in [2.45, 2.75) is 32.5 Å². The molecule has 7 heteroatoms. The number of rotatable bonds is 4. The Balaban J connectivity index is 1.64. The van der Waals surface area contributed by atoms with E-state index >= 15 is 0 Å². The minimum atomic E-state index is -4.43. The minimum Gasteiger partial charge on any atom is -0.338 e. The van der Waals surface area contributed by atoms with Crippen LogP contribution in [0.3, 0.4) is 0 Å². The fourth-order valence-corrected chi connectivity index (χ4v) is 3.37. The molecule has 0 bridgehead atoms. The third-order valence-electron chi connectivity index (χ3n) is 4.92. The number of hydrogen-bond acceptors (Lipinski definition) is 2. The van der Waals surface area contributed by atoms with Crippen molar-refractivity contribution in [2.75, 3.05) is 18.0 Å². The highest BCUT2D eigenvalue weighted by Crippen LogP contribution is 2.30. The second-order valence-corrected chi connectivity index (χ2v) is 6.80. The van der Waals surface area contributed by atoms with Crippen molar-refractivity contribution in [3.8, 4) is 0 Å². The summed E-state index contributed by atoms with van der Waals surface area (Å²) in [5, 5.41) is 0. The quantitative estimate of drug-likeness (QED) is 0.791. The van der Waals surface area contributed by atoms with Gasteiger partial charge in [-0.1, -0.05) is 24.3 Å². The summed E-state index contributed by atoms with van der Waals surface area (Å²) >= 11 is 0. The maximum atomic E-state index is 12.7. The van der Waals surface area contributed by atoms with E-state index in [0.29, 0.717) is 18.8 Å². The summed E-state index contributed by atoms with van der Waals surface area (Å²) < 4.78 is 38.1. The fraction of sp³-hybridized carbons (Fsp3) is 0.333. The van der Waals surface area contributed by atoms with Crippen LogP contribution in [-0.4, -0.2) is 29.8 Å². The Hall–Kier alpha value is -2.83. The number of alkyl halides is 3. The van der Waals surface area contributed by atoms with Gasteiger partial charge in [0.05, 0.1) is 5.56 Å². The zero-order chi connectivity index (χ0) is 20.3. The summed E-state index contributed by atoms with van der Waals surface area (Å²) in [5.74, 6) is -0.399. The predicted octanol–water partition coefficient (Wildman–Crippen LogP) is 4.03. The van der Waals surface area contributed by atoms with E-state index in [1.807, 2.05) is 18.2 Å². The predicted molar refractivity (Wildman–Crippen MR) is 99.7 cm³/mol. The van der Waals surface area contributed by atoms with Gasteiger partial charge in [0.25, 0.3) is 0 Å². The topological polar surface area (TPSA) is 40.6 Å². The van der Waals surface area contributed by atoms with E-state index in [0.717, 1.165) is 24.1 Å². The van der Waals surface area contributed by atoms with Gasteiger partial charge in [0.2, 0.25) is 11.8 Å². The molecule has 0 atom stereocenters. The SMILES string of the molecule is CC(=O)N(CCC(=O)N1CCc2ccccc2C1)c1ccc(C(F)(F)F)cc1. The van der Waals surface area contributed by atoms with Crippen LogP contribution in [0, 0.1) is 0 Å². The van der Waals surface area contributed by atoms with Crippen molar-refractivity contribution in [1.82, 2.24) is 4.90 Å². The van der Waals surface area contributed by atoms with E-state index in [9.17, 15) is 22.8 Å². The van der Waals surface area contributed by atoms with Crippen molar-refractivity contribution in [3.05, 3.63) is 65.2 Å². The zero-order valence-electron chi connectivity index (χ0n) is 15.5. The van der Waals surface area contributed by atoms with Crippen molar-refractivity contribution in [2.24, 2.45) is 0 Å². The molecular formula is C21H21F3N2O2. The fourth-order valence-electron chi connectivity index (χ4n) is 3.37. The third kappa shape index (κ3) is 4.52. The summed E-state index contributed by atoms with van der Waals surface area (Å²) in [6.45, 7) is 2.61. The summed E-state index contributed by atoms with van der Waals surface area (Å²) in [7, 11) is 0. The van der Waals surface area contributed by atoms with E-state index in [2.05, 4.69) is 6.07 Å². The van der Waals surface area contributed by atoms with Gasteiger partial charge in [0.1, 0.15) is 0 Å². The van der Waals surface area contributed by atoms with Crippen molar-refractivity contribution in [1.29, 1.82) is 0 Å².